The quantitative estimate of drug-likeness (QED) is 0.827. The SMILES string of the molecule is CN(C)C(=O)CN1CCC(c2nccnc2Oc2cccnc2)CC1. The van der Waals surface area contributed by atoms with Crippen LogP contribution in [0.5, 0.6) is 11.6 Å². The molecule has 0 spiro atoms. The van der Waals surface area contributed by atoms with Crippen LogP contribution in [0.2, 0.25) is 0 Å². The number of likely N-dealkylation sites (tertiary alicyclic amines) is 1. The monoisotopic (exact) mass is 341 g/mol. The molecular weight excluding hydrogens is 318 g/mol. The molecular formula is C18H23N5O2. The van der Waals surface area contributed by atoms with Gasteiger partial charge in [0.1, 0.15) is 11.4 Å². The largest absolute Gasteiger partial charge is 0.436 e. The molecule has 2 aromatic heterocycles. The summed E-state index contributed by atoms with van der Waals surface area (Å²) in [5.41, 5.74) is 0.880. The lowest BCUT2D eigenvalue weighted by Gasteiger charge is -2.32. The molecule has 0 unspecified atom stereocenters. The Kier molecular flexibility index (Phi) is 5.55. The van der Waals surface area contributed by atoms with Crippen LogP contribution in [-0.2, 0) is 4.79 Å². The van der Waals surface area contributed by atoms with E-state index in [2.05, 4.69) is 19.9 Å². The second-order valence-corrected chi connectivity index (χ2v) is 6.38. The van der Waals surface area contributed by atoms with Gasteiger partial charge >= 0.3 is 0 Å². The highest BCUT2D eigenvalue weighted by Crippen LogP contribution is 2.33. The number of carbonyl (C=O) groups is 1. The highest BCUT2D eigenvalue weighted by Gasteiger charge is 2.26. The predicted molar refractivity (Wildman–Crippen MR) is 93.5 cm³/mol. The van der Waals surface area contributed by atoms with Crippen molar-refractivity contribution in [3.63, 3.8) is 0 Å². The van der Waals surface area contributed by atoms with Crippen LogP contribution in [0.1, 0.15) is 24.5 Å². The van der Waals surface area contributed by atoms with Crippen molar-refractivity contribution >= 4 is 5.91 Å². The number of carbonyl (C=O) groups excluding carboxylic acids is 1. The zero-order valence-electron chi connectivity index (χ0n) is 14.6. The van der Waals surface area contributed by atoms with Crippen LogP contribution in [0.3, 0.4) is 0 Å². The normalized spacial score (nSPS) is 15.8. The molecule has 7 nitrogen and oxygen atoms in total. The zero-order chi connectivity index (χ0) is 17.6. The average Bonchev–Trinajstić information content (AvgIpc) is 2.64. The lowest BCUT2D eigenvalue weighted by Crippen LogP contribution is -2.40. The van der Waals surface area contributed by atoms with Crippen LogP contribution in [0.15, 0.2) is 36.9 Å². The maximum absolute atomic E-state index is 11.9. The van der Waals surface area contributed by atoms with E-state index in [4.69, 9.17) is 4.74 Å². The van der Waals surface area contributed by atoms with E-state index in [0.29, 0.717) is 18.2 Å². The minimum Gasteiger partial charge on any atom is -0.436 e. The Bertz CT molecular complexity index is 700. The fraction of sp³-hybridized carbons (Fsp3) is 0.444. The standard InChI is InChI=1S/C18H23N5O2/c1-22(2)16(24)13-23-10-5-14(6-11-23)17-18(21-9-8-20-17)25-15-4-3-7-19-12-15/h3-4,7-9,12,14H,5-6,10-11,13H2,1-2H3. The molecule has 3 rings (SSSR count). The molecule has 1 fully saturated rings. The van der Waals surface area contributed by atoms with Crippen molar-refractivity contribution in [1.29, 1.82) is 0 Å². The third-order valence-corrected chi connectivity index (χ3v) is 4.37. The number of hydrogen-bond acceptors (Lipinski definition) is 6. The number of ether oxygens (including phenoxy) is 1. The van der Waals surface area contributed by atoms with Crippen molar-refractivity contribution in [2.75, 3.05) is 33.7 Å². The van der Waals surface area contributed by atoms with Crippen molar-refractivity contribution < 1.29 is 9.53 Å². The van der Waals surface area contributed by atoms with Crippen LogP contribution in [0.4, 0.5) is 0 Å². The summed E-state index contributed by atoms with van der Waals surface area (Å²) in [5.74, 6) is 1.61. The Labute approximate surface area is 147 Å². The Hall–Kier alpha value is -2.54. The third kappa shape index (κ3) is 4.51. The number of amides is 1. The van der Waals surface area contributed by atoms with Gasteiger partial charge in [0.05, 0.1) is 12.7 Å². The first-order valence-electron chi connectivity index (χ1n) is 8.45. The second kappa shape index (κ2) is 8.02. The maximum Gasteiger partial charge on any atom is 0.241 e. The second-order valence-electron chi connectivity index (χ2n) is 6.38. The smallest absolute Gasteiger partial charge is 0.241 e. The van der Waals surface area contributed by atoms with Gasteiger partial charge in [-0.05, 0) is 38.1 Å². The van der Waals surface area contributed by atoms with Crippen LogP contribution < -0.4 is 4.74 Å². The molecule has 0 atom stereocenters. The van der Waals surface area contributed by atoms with Crippen LogP contribution in [0, 0.1) is 0 Å². The summed E-state index contributed by atoms with van der Waals surface area (Å²) in [6.45, 7) is 2.21. The molecule has 0 bridgehead atoms. The highest BCUT2D eigenvalue weighted by atomic mass is 16.5. The molecule has 0 radical (unpaired) electrons. The summed E-state index contributed by atoms with van der Waals surface area (Å²) >= 11 is 0. The Morgan fingerprint density at radius 1 is 1.24 bits per heavy atom. The summed E-state index contributed by atoms with van der Waals surface area (Å²) in [5, 5.41) is 0. The third-order valence-electron chi connectivity index (χ3n) is 4.37. The Morgan fingerprint density at radius 3 is 2.68 bits per heavy atom. The topological polar surface area (TPSA) is 71.5 Å². The highest BCUT2D eigenvalue weighted by molar-refractivity contribution is 5.77. The van der Waals surface area contributed by atoms with Crippen molar-refractivity contribution in [2.24, 2.45) is 0 Å². The molecule has 0 N–H and O–H groups in total. The van der Waals surface area contributed by atoms with Gasteiger partial charge in [0.15, 0.2) is 0 Å². The summed E-state index contributed by atoms with van der Waals surface area (Å²) in [7, 11) is 3.58. The molecule has 0 saturated carbocycles. The molecule has 7 heteroatoms. The Balaban J connectivity index is 1.65. The molecule has 0 aliphatic carbocycles. The van der Waals surface area contributed by atoms with E-state index in [9.17, 15) is 4.79 Å². The fourth-order valence-electron chi connectivity index (χ4n) is 2.91. The Morgan fingerprint density at radius 2 is 2.00 bits per heavy atom. The van der Waals surface area contributed by atoms with E-state index < -0.39 is 0 Å². The predicted octanol–water partition coefficient (Wildman–Crippen LogP) is 1.93. The van der Waals surface area contributed by atoms with E-state index in [1.807, 2.05) is 12.1 Å². The van der Waals surface area contributed by atoms with Crippen LogP contribution >= 0.6 is 0 Å². The number of piperidine rings is 1. The van der Waals surface area contributed by atoms with Gasteiger partial charge < -0.3 is 9.64 Å². The number of rotatable bonds is 5. The summed E-state index contributed by atoms with van der Waals surface area (Å²) in [4.78, 5) is 28.6. The molecule has 1 amide bonds. The molecule has 132 valence electrons. The first kappa shape index (κ1) is 17.3. The van der Waals surface area contributed by atoms with Crippen molar-refractivity contribution in [2.45, 2.75) is 18.8 Å². The number of nitrogens with zero attached hydrogens (tertiary/aromatic N) is 5. The molecule has 2 aromatic rings. The summed E-state index contributed by atoms with van der Waals surface area (Å²) < 4.78 is 5.88. The van der Waals surface area contributed by atoms with Crippen molar-refractivity contribution in [3.8, 4) is 11.6 Å². The van der Waals surface area contributed by atoms with Crippen LogP contribution in [0.25, 0.3) is 0 Å². The number of likely N-dealkylation sites (N-methyl/N-ethyl adjacent to an activating group) is 1. The molecule has 3 heterocycles. The van der Waals surface area contributed by atoms with E-state index in [1.54, 1.807) is 43.8 Å². The zero-order valence-corrected chi connectivity index (χ0v) is 14.6. The minimum absolute atomic E-state index is 0.138. The molecule has 1 aliphatic heterocycles. The van der Waals surface area contributed by atoms with Crippen molar-refractivity contribution in [3.05, 3.63) is 42.6 Å². The summed E-state index contributed by atoms with van der Waals surface area (Å²) in [6, 6.07) is 3.67. The van der Waals surface area contributed by atoms with Crippen molar-refractivity contribution in [1.82, 2.24) is 24.8 Å². The molecule has 1 saturated heterocycles. The van der Waals surface area contributed by atoms with E-state index >= 15 is 0 Å². The van der Waals surface area contributed by atoms with E-state index in [0.717, 1.165) is 31.6 Å². The number of hydrogen-bond donors (Lipinski definition) is 0. The lowest BCUT2D eigenvalue weighted by molar-refractivity contribution is -0.130. The van der Waals surface area contributed by atoms with Crippen LogP contribution in [-0.4, -0.2) is 64.4 Å². The van der Waals surface area contributed by atoms with E-state index in [1.165, 1.54) is 0 Å². The van der Waals surface area contributed by atoms with Gasteiger partial charge in [-0.25, -0.2) is 4.98 Å². The molecule has 0 aromatic carbocycles. The average molecular weight is 341 g/mol. The van der Waals surface area contributed by atoms with Gasteiger partial charge in [0.2, 0.25) is 11.8 Å². The fourth-order valence-corrected chi connectivity index (χ4v) is 2.91. The first-order valence-corrected chi connectivity index (χ1v) is 8.45. The first-order chi connectivity index (χ1) is 12.1. The number of aromatic nitrogens is 3. The van der Waals surface area contributed by atoms with Gasteiger partial charge in [-0.3, -0.25) is 19.7 Å². The van der Waals surface area contributed by atoms with Gasteiger partial charge in [-0.1, -0.05) is 0 Å². The van der Waals surface area contributed by atoms with E-state index in [-0.39, 0.29) is 11.8 Å². The lowest BCUT2D eigenvalue weighted by atomic mass is 9.93. The molecule has 1 aliphatic rings. The van der Waals surface area contributed by atoms with Gasteiger partial charge in [-0.15, -0.1) is 0 Å². The molecule has 25 heavy (non-hydrogen) atoms. The minimum atomic E-state index is 0.138. The van der Waals surface area contributed by atoms with Gasteiger partial charge in [-0.2, -0.15) is 0 Å². The van der Waals surface area contributed by atoms with Gasteiger partial charge in [0.25, 0.3) is 0 Å². The van der Waals surface area contributed by atoms with Gasteiger partial charge in [0, 0.05) is 38.6 Å². The summed E-state index contributed by atoms with van der Waals surface area (Å²) in [6.07, 6.45) is 8.57. The number of pyridine rings is 1. The maximum atomic E-state index is 11.9.